The highest BCUT2D eigenvalue weighted by Crippen LogP contribution is 2.27. The molecule has 0 bridgehead atoms. The second kappa shape index (κ2) is 13.5. The van der Waals surface area contributed by atoms with Crippen LogP contribution < -0.4 is 17.0 Å². The summed E-state index contributed by atoms with van der Waals surface area (Å²) in [7, 11) is -13.9. The maximum Gasteiger partial charge on any atom is 0.466 e. The van der Waals surface area contributed by atoms with Crippen LogP contribution in [0.25, 0.3) is 0 Å². The summed E-state index contributed by atoms with van der Waals surface area (Å²) < 4.78 is 33.0. The maximum atomic E-state index is 11.5. The molecule has 32 heavy (non-hydrogen) atoms. The number of aliphatic hydroxyl groups excluding tert-OH is 2. The van der Waals surface area contributed by atoms with Crippen LogP contribution in [0.2, 0.25) is 0 Å². The van der Waals surface area contributed by atoms with Crippen molar-refractivity contribution < 1.29 is 72.7 Å². The van der Waals surface area contributed by atoms with Gasteiger partial charge in [0, 0.05) is 12.3 Å². The fourth-order valence-corrected chi connectivity index (χ4v) is 1.80. The van der Waals surface area contributed by atoms with Crippen LogP contribution in [0.3, 0.4) is 0 Å². The molecular weight excluding hydrogens is 515 g/mol. The Labute approximate surface area is 176 Å². The normalized spacial score (nSPS) is 23.0. The highest BCUT2D eigenvalue weighted by Gasteiger charge is 2.42. The molecule has 0 aliphatic carbocycles. The number of nitrogens with zero attached hydrogens (tertiary/aromatic N) is 1. The van der Waals surface area contributed by atoms with Crippen molar-refractivity contribution in [3.8, 4) is 0 Å². The van der Waals surface area contributed by atoms with E-state index in [0.717, 1.165) is 10.6 Å². The van der Waals surface area contributed by atoms with E-state index in [0.29, 0.717) is 0 Å². The van der Waals surface area contributed by atoms with Crippen LogP contribution in [-0.4, -0.2) is 88.7 Å². The monoisotopic (exact) mass is 537 g/mol. The molecule has 0 saturated carbocycles. The van der Waals surface area contributed by atoms with Gasteiger partial charge in [0.2, 0.25) is 0 Å². The standard InChI is InChI=1S/C9H13N3O5.3H3O4P/c10-6-7(15)4(3-13)17-8(6)12-2-1-5(14)11-9(12)16;3*1-5(2,3)4/h1-2,4,6-8,13,15H,3,10H2,(H,11,14,16);3*(H3,1,2,3,4)/t4-,6+,7-,8-;;;/m1.../s1. The fraction of sp³-hybridized carbons (Fsp3) is 0.556. The van der Waals surface area contributed by atoms with Gasteiger partial charge < -0.3 is 64.7 Å². The van der Waals surface area contributed by atoms with Crippen LogP contribution in [0.5, 0.6) is 0 Å². The molecule has 0 spiro atoms. The number of H-pyrrole nitrogens is 1. The van der Waals surface area contributed by atoms with Gasteiger partial charge in [-0.1, -0.05) is 0 Å². The Morgan fingerprint density at radius 3 is 1.59 bits per heavy atom. The van der Waals surface area contributed by atoms with Crippen LogP contribution >= 0.6 is 23.5 Å². The minimum absolute atomic E-state index is 0.399. The minimum Gasteiger partial charge on any atom is -0.394 e. The average molecular weight is 537 g/mol. The van der Waals surface area contributed by atoms with Crippen molar-refractivity contribution in [3.05, 3.63) is 33.1 Å². The average Bonchev–Trinajstić information content (AvgIpc) is 2.78. The number of nitrogens with one attached hydrogen (secondary N) is 1. The molecule has 0 amide bonds. The molecule has 1 aliphatic heterocycles. The molecule has 14 N–H and O–H groups in total. The molecule has 1 saturated heterocycles. The van der Waals surface area contributed by atoms with Gasteiger partial charge in [0.1, 0.15) is 12.2 Å². The molecule has 23 heteroatoms. The summed E-state index contributed by atoms with van der Waals surface area (Å²) in [6.45, 7) is -0.399. The Kier molecular flexibility index (Phi) is 14.0. The molecule has 0 unspecified atom stereocenters. The van der Waals surface area contributed by atoms with E-state index in [1.54, 1.807) is 0 Å². The molecule has 0 radical (unpaired) electrons. The Balaban J connectivity index is 0. The second-order valence-electron chi connectivity index (χ2n) is 5.37. The van der Waals surface area contributed by atoms with Gasteiger partial charge >= 0.3 is 29.2 Å². The lowest BCUT2D eigenvalue weighted by Crippen LogP contribution is -2.42. The highest BCUT2D eigenvalue weighted by molar-refractivity contribution is 7.45. The molecule has 1 aromatic rings. The van der Waals surface area contributed by atoms with Gasteiger partial charge in [0.15, 0.2) is 6.23 Å². The highest BCUT2D eigenvalue weighted by atomic mass is 31.2. The van der Waals surface area contributed by atoms with Gasteiger partial charge in [-0.2, -0.15) is 0 Å². The molecular formula is C9H22N3O17P3. The zero-order valence-electron chi connectivity index (χ0n) is 15.4. The largest absolute Gasteiger partial charge is 0.466 e. The Hall–Kier alpha value is -1.15. The van der Waals surface area contributed by atoms with Crippen molar-refractivity contribution in [1.29, 1.82) is 0 Å². The number of aliphatic hydroxyl groups is 2. The molecule has 1 fully saturated rings. The number of hydrogen-bond acceptors (Lipinski definition) is 9. The van der Waals surface area contributed by atoms with Crippen LogP contribution in [0.1, 0.15) is 6.23 Å². The molecule has 2 rings (SSSR count). The van der Waals surface area contributed by atoms with Crippen molar-refractivity contribution in [2.75, 3.05) is 6.61 Å². The number of phosphoric acid groups is 3. The van der Waals surface area contributed by atoms with Crippen molar-refractivity contribution in [2.24, 2.45) is 5.73 Å². The number of aromatic nitrogens is 2. The lowest BCUT2D eigenvalue weighted by atomic mass is 10.1. The first-order valence-electron chi connectivity index (χ1n) is 7.41. The van der Waals surface area contributed by atoms with Crippen molar-refractivity contribution in [2.45, 2.75) is 24.5 Å². The zero-order chi connectivity index (χ0) is 26.1. The minimum atomic E-state index is -4.64. The van der Waals surface area contributed by atoms with E-state index in [9.17, 15) is 14.7 Å². The molecule has 0 aromatic carbocycles. The summed E-state index contributed by atoms with van der Waals surface area (Å²) >= 11 is 0. The van der Waals surface area contributed by atoms with Crippen LogP contribution in [0.4, 0.5) is 0 Å². The topological polar surface area (TPSA) is 364 Å². The molecule has 1 aromatic heterocycles. The first-order chi connectivity index (χ1) is 14.0. The fourth-order valence-electron chi connectivity index (χ4n) is 1.80. The van der Waals surface area contributed by atoms with Gasteiger partial charge in [-0.25, -0.2) is 18.5 Å². The third-order valence-electron chi connectivity index (χ3n) is 2.72. The summed E-state index contributed by atoms with van der Waals surface area (Å²) in [5.41, 5.74) is 4.48. The molecule has 4 atom stereocenters. The Bertz CT molecular complexity index is 872. The lowest BCUT2D eigenvalue weighted by molar-refractivity contribution is -0.0465. The number of hydrogen-bond donors (Lipinski definition) is 13. The molecule has 1 aliphatic rings. The van der Waals surface area contributed by atoms with Gasteiger partial charge in [0.05, 0.1) is 12.6 Å². The van der Waals surface area contributed by atoms with Gasteiger partial charge in [-0.05, 0) is 0 Å². The predicted molar refractivity (Wildman–Crippen MR) is 99.1 cm³/mol. The Morgan fingerprint density at radius 1 is 0.938 bits per heavy atom. The second-order valence-corrected chi connectivity index (χ2v) is 8.45. The van der Waals surface area contributed by atoms with E-state index in [4.69, 9.17) is 73.3 Å². The van der Waals surface area contributed by atoms with Gasteiger partial charge in [0.25, 0.3) is 5.56 Å². The van der Waals surface area contributed by atoms with Crippen LogP contribution in [0.15, 0.2) is 21.9 Å². The molecule has 190 valence electrons. The summed E-state index contributed by atoms with van der Waals surface area (Å²) in [4.78, 5) is 89.1. The SMILES string of the molecule is N[C@H]1[C@H](O)[C@@H](CO)O[C@H]1n1ccc(=O)[nH]c1=O.O=P(O)(O)O.O=P(O)(O)O.O=P(O)(O)O. The first-order valence-corrected chi connectivity index (χ1v) is 12.1. The maximum absolute atomic E-state index is 11.5. The van der Waals surface area contributed by atoms with Crippen molar-refractivity contribution >= 4 is 23.5 Å². The summed E-state index contributed by atoms with van der Waals surface area (Å²) in [6.07, 6.45) is -1.58. The van der Waals surface area contributed by atoms with E-state index in [2.05, 4.69) is 4.98 Å². The van der Waals surface area contributed by atoms with Crippen molar-refractivity contribution in [3.63, 3.8) is 0 Å². The number of aromatic amines is 1. The molecule has 20 nitrogen and oxygen atoms in total. The van der Waals surface area contributed by atoms with Gasteiger partial charge in [-0.3, -0.25) is 14.3 Å². The van der Waals surface area contributed by atoms with E-state index >= 15 is 0 Å². The van der Waals surface area contributed by atoms with Crippen LogP contribution in [0, 0.1) is 0 Å². The molecule has 2 heterocycles. The first kappa shape index (κ1) is 33.0. The van der Waals surface area contributed by atoms with E-state index in [1.807, 2.05) is 0 Å². The van der Waals surface area contributed by atoms with Crippen molar-refractivity contribution in [1.82, 2.24) is 9.55 Å². The van der Waals surface area contributed by atoms with E-state index in [1.165, 1.54) is 6.20 Å². The third kappa shape index (κ3) is 19.5. The quantitative estimate of drug-likeness (QED) is 0.156. The van der Waals surface area contributed by atoms with E-state index < -0.39 is 65.8 Å². The number of nitrogens with two attached hydrogens (primary N) is 1. The number of ether oxygens (including phenoxy) is 1. The third-order valence-corrected chi connectivity index (χ3v) is 2.72. The predicted octanol–water partition coefficient (Wildman–Crippen LogP) is -5.67. The van der Waals surface area contributed by atoms with Gasteiger partial charge in [-0.15, -0.1) is 0 Å². The number of rotatable bonds is 2. The lowest BCUT2D eigenvalue weighted by Gasteiger charge is -2.17. The Morgan fingerprint density at radius 2 is 1.31 bits per heavy atom. The zero-order valence-corrected chi connectivity index (χ0v) is 18.1. The summed E-state index contributed by atoms with van der Waals surface area (Å²) in [5.74, 6) is 0. The smallest absolute Gasteiger partial charge is 0.394 e. The summed E-state index contributed by atoms with van der Waals surface area (Å²) in [5, 5.41) is 18.6. The van der Waals surface area contributed by atoms with E-state index in [-0.39, 0.29) is 0 Å². The summed E-state index contributed by atoms with van der Waals surface area (Å²) in [6, 6.07) is 0.298. The van der Waals surface area contributed by atoms with Crippen LogP contribution in [-0.2, 0) is 18.4 Å².